The van der Waals surface area contributed by atoms with Crippen molar-refractivity contribution in [2.24, 2.45) is 0 Å². The normalized spacial score (nSPS) is 21.1. The van der Waals surface area contributed by atoms with Crippen molar-refractivity contribution in [1.29, 1.82) is 0 Å². The third-order valence-electron chi connectivity index (χ3n) is 2.67. The Bertz CT molecular complexity index is 272. The van der Waals surface area contributed by atoms with E-state index >= 15 is 0 Å². The highest BCUT2D eigenvalue weighted by Gasteiger charge is 2.46. The molecule has 1 aliphatic rings. The van der Waals surface area contributed by atoms with Gasteiger partial charge >= 0.3 is 6.09 Å². The van der Waals surface area contributed by atoms with Crippen molar-refractivity contribution in [1.82, 2.24) is 4.90 Å². The molecule has 1 unspecified atom stereocenters. The average molecular weight is 235 g/mol. The zero-order chi connectivity index (χ0) is 12.6. The molecule has 1 fully saturated rings. The summed E-state index contributed by atoms with van der Waals surface area (Å²) in [6.07, 6.45) is -2.82. The molecule has 1 rings (SSSR count). The second-order valence-electron chi connectivity index (χ2n) is 5.13. The average Bonchev–Trinajstić information content (AvgIpc) is 2.07. The van der Waals surface area contributed by atoms with Crippen molar-refractivity contribution in [3.8, 4) is 0 Å². The largest absolute Gasteiger partial charge is 0.465 e. The first-order valence-corrected chi connectivity index (χ1v) is 5.11. The van der Waals surface area contributed by atoms with Gasteiger partial charge in [-0.2, -0.15) is 0 Å². The molecule has 1 aliphatic heterocycles. The first-order chi connectivity index (χ1) is 7.17. The summed E-state index contributed by atoms with van der Waals surface area (Å²) in [6.45, 7) is 4.52. The van der Waals surface area contributed by atoms with Gasteiger partial charge in [0, 0.05) is 5.54 Å². The molecular formula is C10H18FNO4. The molecule has 0 bridgehead atoms. The van der Waals surface area contributed by atoms with E-state index in [-0.39, 0.29) is 19.8 Å². The van der Waals surface area contributed by atoms with Crippen LogP contribution in [0.3, 0.4) is 0 Å². The molecule has 0 aromatic carbocycles. The third-order valence-corrected chi connectivity index (χ3v) is 2.67. The Labute approximate surface area is 93.8 Å². The number of halogens is 1. The SMILES string of the molecule is CC(C)(C)N(CC(F)C1(O)COC1)C(=O)O. The first-order valence-electron chi connectivity index (χ1n) is 5.11. The summed E-state index contributed by atoms with van der Waals surface area (Å²) in [5, 5.41) is 18.6. The van der Waals surface area contributed by atoms with Gasteiger partial charge in [0.15, 0.2) is 6.17 Å². The number of hydrogen-bond acceptors (Lipinski definition) is 3. The molecule has 1 atom stereocenters. The van der Waals surface area contributed by atoms with Gasteiger partial charge in [-0.1, -0.05) is 0 Å². The third kappa shape index (κ3) is 2.62. The topological polar surface area (TPSA) is 70.0 Å². The molecule has 94 valence electrons. The second-order valence-corrected chi connectivity index (χ2v) is 5.13. The maximum atomic E-state index is 13.7. The lowest BCUT2D eigenvalue weighted by Crippen LogP contribution is -2.61. The highest BCUT2D eigenvalue weighted by Crippen LogP contribution is 2.26. The summed E-state index contributed by atoms with van der Waals surface area (Å²) in [6, 6.07) is 0. The molecule has 1 amide bonds. The van der Waals surface area contributed by atoms with Crippen LogP contribution in [-0.4, -0.2) is 58.3 Å². The van der Waals surface area contributed by atoms with Gasteiger partial charge in [-0.15, -0.1) is 0 Å². The van der Waals surface area contributed by atoms with Crippen LogP contribution in [0.2, 0.25) is 0 Å². The minimum absolute atomic E-state index is 0.0776. The van der Waals surface area contributed by atoms with Crippen LogP contribution in [0.15, 0.2) is 0 Å². The maximum Gasteiger partial charge on any atom is 0.407 e. The Morgan fingerprint density at radius 3 is 2.31 bits per heavy atom. The highest BCUT2D eigenvalue weighted by atomic mass is 19.1. The van der Waals surface area contributed by atoms with Crippen LogP contribution in [0.25, 0.3) is 0 Å². The molecule has 0 saturated carbocycles. The van der Waals surface area contributed by atoms with Gasteiger partial charge in [0.25, 0.3) is 0 Å². The van der Waals surface area contributed by atoms with E-state index in [4.69, 9.17) is 9.84 Å². The van der Waals surface area contributed by atoms with Gasteiger partial charge in [-0.3, -0.25) is 0 Å². The van der Waals surface area contributed by atoms with Gasteiger partial charge in [0.05, 0.1) is 19.8 Å². The molecule has 0 spiro atoms. The zero-order valence-corrected chi connectivity index (χ0v) is 9.73. The van der Waals surface area contributed by atoms with E-state index in [9.17, 15) is 14.3 Å². The molecular weight excluding hydrogens is 217 g/mol. The predicted octanol–water partition coefficient (Wildman–Crippen LogP) is 0.864. The number of rotatable bonds is 3. The van der Waals surface area contributed by atoms with Crippen molar-refractivity contribution < 1.29 is 24.1 Å². The highest BCUT2D eigenvalue weighted by molar-refractivity contribution is 5.66. The van der Waals surface area contributed by atoms with Crippen molar-refractivity contribution in [3.05, 3.63) is 0 Å². The van der Waals surface area contributed by atoms with E-state index in [0.29, 0.717) is 0 Å². The fourth-order valence-corrected chi connectivity index (χ4v) is 1.46. The van der Waals surface area contributed by atoms with Crippen molar-refractivity contribution in [2.75, 3.05) is 19.8 Å². The second kappa shape index (κ2) is 4.18. The lowest BCUT2D eigenvalue weighted by Gasteiger charge is -2.42. The van der Waals surface area contributed by atoms with Gasteiger partial charge in [-0.05, 0) is 20.8 Å². The molecule has 1 heterocycles. The van der Waals surface area contributed by atoms with Gasteiger partial charge in [-0.25, -0.2) is 9.18 Å². The quantitative estimate of drug-likeness (QED) is 0.761. The Hall–Kier alpha value is -0.880. The van der Waals surface area contributed by atoms with E-state index in [1.807, 2.05) is 0 Å². The lowest BCUT2D eigenvalue weighted by atomic mass is 9.94. The van der Waals surface area contributed by atoms with E-state index in [0.717, 1.165) is 4.90 Å². The van der Waals surface area contributed by atoms with Crippen LogP contribution in [0.4, 0.5) is 9.18 Å². The number of carboxylic acid groups (broad SMARTS) is 1. The molecule has 5 nitrogen and oxygen atoms in total. The van der Waals surface area contributed by atoms with E-state index in [1.54, 1.807) is 20.8 Å². The van der Waals surface area contributed by atoms with Gasteiger partial charge in [0.2, 0.25) is 0 Å². The molecule has 0 aliphatic carbocycles. The Morgan fingerprint density at radius 2 is 2.06 bits per heavy atom. The monoisotopic (exact) mass is 235 g/mol. The zero-order valence-electron chi connectivity index (χ0n) is 9.73. The van der Waals surface area contributed by atoms with Crippen LogP contribution in [0.1, 0.15) is 20.8 Å². The fourth-order valence-electron chi connectivity index (χ4n) is 1.46. The summed E-state index contributed by atoms with van der Waals surface area (Å²) >= 11 is 0. The predicted molar refractivity (Wildman–Crippen MR) is 55.1 cm³/mol. The van der Waals surface area contributed by atoms with E-state index < -0.39 is 23.4 Å². The number of aliphatic hydroxyl groups is 1. The van der Waals surface area contributed by atoms with Crippen LogP contribution >= 0.6 is 0 Å². The van der Waals surface area contributed by atoms with E-state index in [2.05, 4.69) is 0 Å². The van der Waals surface area contributed by atoms with Crippen LogP contribution in [0, 0.1) is 0 Å². The summed E-state index contributed by atoms with van der Waals surface area (Å²) < 4.78 is 18.5. The first kappa shape index (κ1) is 13.2. The number of nitrogens with zero attached hydrogens (tertiary/aromatic N) is 1. The smallest absolute Gasteiger partial charge is 0.407 e. The molecule has 1 saturated heterocycles. The summed E-state index contributed by atoms with van der Waals surface area (Å²) in [7, 11) is 0. The summed E-state index contributed by atoms with van der Waals surface area (Å²) in [5.74, 6) is 0. The Balaban J connectivity index is 2.65. The van der Waals surface area contributed by atoms with Crippen molar-refractivity contribution in [3.63, 3.8) is 0 Å². The fraction of sp³-hybridized carbons (Fsp3) is 0.900. The van der Waals surface area contributed by atoms with Crippen molar-refractivity contribution in [2.45, 2.75) is 38.1 Å². The Kier molecular flexibility index (Phi) is 3.44. The molecule has 0 aromatic heterocycles. The summed E-state index contributed by atoms with van der Waals surface area (Å²) in [4.78, 5) is 11.9. The van der Waals surface area contributed by atoms with Crippen LogP contribution in [-0.2, 0) is 4.74 Å². The van der Waals surface area contributed by atoms with Crippen LogP contribution < -0.4 is 0 Å². The maximum absolute atomic E-state index is 13.7. The molecule has 0 aromatic rings. The minimum atomic E-state index is -1.63. The number of alkyl halides is 1. The molecule has 6 heteroatoms. The van der Waals surface area contributed by atoms with Crippen LogP contribution in [0.5, 0.6) is 0 Å². The molecule has 0 radical (unpaired) electrons. The Morgan fingerprint density at radius 1 is 1.56 bits per heavy atom. The molecule has 2 N–H and O–H groups in total. The number of ether oxygens (including phenoxy) is 1. The molecule has 16 heavy (non-hydrogen) atoms. The van der Waals surface area contributed by atoms with Gasteiger partial charge < -0.3 is 19.8 Å². The van der Waals surface area contributed by atoms with Crippen molar-refractivity contribution >= 4 is 6.09 Å². The summed E-state index contributed by atoms with van der Waals surface area (Å²) in [5.41, 5.74) is -2.23. The number of amides is 1. The minimum Gasteiger partial charge on any atom is -0.465 e. The standard InChI is InChI=1S/C10H18FNO4/c1-9(2,3)12(8(13)14)4-7(11)10(15)5-16-6-10/h7,15H,4-6H2,1-3H3,(H,13,14). The lowest BCUT2D eigenvalue weighted by molar-refractivity contribution is -0.213. The van der Waals surface area contributed by atoms with E-state index in [1.165, 1.54) is 0 Å². The van der Waals surface area contributed by atoms with Gasteiger partial charge in [0.1, 0.15) is 5.60 Å². The number of carbonyl (C=O) groups is 1. The number of hydrogen-bond donors (Lipinski definition) is 2.